The molecule has 0 aromatic heterocycles. The van der Waals surface area contributed by atoms with Crippen LogP contribution < -0.4 is 4.74 Å². The van der Waals surface area contributed by atoms with E-state index in [9.17, 15) is 4.79 Å². The van der Waals surface area contributed by atoms with Crippen molar-refractivity contribution in [2.75, 3.05) is 13.7 Å². The van der Waals surface area contributed by atoms with Crippen molar-refractivity contribution in [3.8, 4) is 5.75 Å². The minimum atomic E-state index is 0.0906. The number of aryl methyl sites for hydroxylation is 1. The van der Waals surface area contributed by atoms with E-state index in [2.05, 4.69) is 13.0 Å². The Morgan fingerprint density at radius 2 is 1.86 bits per heavy atom. The fourth-order valence-electron chi connectivity index (χ4n) is 3.03. The molecule has 1 aromatic rings. The number of carbonyl (C=O) groups is 1. The molecule has 3 nitrogen and oxygen atoms in total. The maximum atomic E-state index is 12.3. The molecule has 116 valence electrons. The number of amides is 1. The third kappa shape index (κ3) is 4.48. The summed E-state index contributed by atoms with van der Waals surface area (Å²) in [4.78, 5) is 14.2. The fraction of sp³-hybridized carbons (Fsp3) is 0.611. The van der Waals surface area contributed by atoms with Gasteiger partial charge >= 0.3 is 0 Å². The van der Waals surface area contributed by atoms with Crippen LogP contribution in [0.3, 0.4) is 0 Å². The standard InChI is InChI=1S/C18H27NO2/c1-3-15-10-8-9-13-17(15)21-14-18(20)19(2)16-11-6-4-5-7-12-16/h8-10,13,16H,3-7,11-12,14H2,1-2H3. The van der Waals surface area contributed by atoms with Crippen molar-refractivity contribution >= 4 is 5.91 Å². The molecule has 0 radical (unpaired) electrons. The van der Waals surface area contributed by atoms with E-state index >= 15 is 0 Å². The van der Waals surface area contributed by atoms with Crippen molar-refractivity contribution in [1.29, 1.82) is 0 Å². The Bertz CT molecular complexity index is 450. The van der Waals surface area contributed by atoms with E-state index in [0.29, 0.717) is 6.04 Å². The smallest absolute Gasteiger partial charge is 0.260 e. The van der Waals surface area contributed by atoms with Crippen LogP contribution in [0.4, 0.5) is 0 Å². The van der Waals surface area contributed by atoms with Crippen molar-refractivity contribution in [2.45, 2.75) is 57.9 Å². The number of rotatable bonds is 5. The molecule has 1 aliphatic carbocycles. The molecule has 0 bridgehead atoms. The molecule has 0 heterocycles. The Hall–Kier alpha value is -1.51. The summed E-state index contributed by atoms with van der Waals surface area (Å²) in [7, 11) is 1.92. The normalized spacial score (nSPS) is 16.3. The molecule has 1 saturated carbocycles. The number of hydrogen-bond acceptors (Lipinski definition) is 2. The highest BCUT2D eigenvalue weighted by Crippen LogP contribution is 2.22. The number of benzene rings is 1. The van der Waals surface area contributed by atoms with Crippen molar-refractivity contribution in [2.24, 2.45) is 0 Å². The van der Waals surface area contributed by atoms with Crippen LogP contribution >= 0.6 is 0 Å². The number of carbonyl (C=O) groups excluding carboxylic acids is 1. The first kappa shape index (κ1) is 15.9. The molecule has 1 amide bonds. The molecule has 1 aliphatic rings. The van der Waals surface area contributed by atoms with Gasteiger partial charge in [-0.1, -0.05) is 50.8 Å². The number of likely N-dealkylation sites (N-methyl/N-ethyl adjacent to an activating group) is 1. The molecule has 0 spiro atoms. The molecule has 0 aliphatic heterocycles. The van der Waals surface area contributed by atoms with Crippen LogP contribution in [-0.2, 0) is 11.2 Å². The van der Waals surface area contributed by atoms with E-state index in [-0.39, 0.29) is 12.5 Å². The number of ether oxygens (including phenoxy) is 1. The monoisotopic (exact) mass is 289 g/mol. The zero-order valence-corrected chi connectivity index (χ0v) is 13.3. The van der Waals surface area contributed by atoms with Gasteiger partial charge in [-0.25, -0.2) is 0 Å². The van der Waals surface area contributed by atoms with E-state index in [1.54, 1.807) is 0 Å². The zero-order valence-electron chi connectivity index (χ0n) is 13.3. The van der Waals surface area contributed by atoms with E-state index in [1.807, 2.05) is 30.1 Å². The van der Waals surface area contributed by atoms with Gasteiger partial charge in [0.15, 0.2) is 6.61 Å². The van der Waals surface area contributed by atoms with Gasteiger partial charge < -0.3 is 9.64 Å². The SMILES string of the molecule is CCc1ccccc1OCC(=O)N(C)C1CCCCCC1. The Balaban J connectivity index is 1.88. The lowest BCUT2D eigenvalue weighted by Crippen LogP contribution is -2.39. The molecule has 0 unspecified atom stereocenters. The molecule has 1 fully saturated rings. The maximum absolute atomic E-state index is 12.3. The number of hydrogen-bond donors (Lipinski definition) is 0. The summed E-state index contributed by atoms with van der Waals surface area (Å²) in [5, 5.41) is 0. The summed E-state index contributed by atoms with van der Waals surface area (Å²) < 4.78 is 5.74. The quantitative estimate of drug-likeness (QED) is 0.771. The molecule has 1 aromatic carbocycles. The summed E-state index contributed by atoms with van der Waals surface area (Å²) >= 11 is 0. The second-order valence-electron chi connectivity index (χ2n) is 5.90. The van der Waals surface area contributed by atoms with Crippen LogP contribution in [0, 0.1) is 0 Å². The molecule has 21 heavy (non-hydrogen) atoms. The summed E-state index contributed by atoms with van der Waals surface area (Å²) in [6.07, 6.45) is 8.27. The molecular weight excluding hydrogens is 262 g/mol. The van der Waals surface area contributed by atoms with Gasteiger partial charge in [0.2, 0.25) is 0 Å². The zero-order chi connectivity index (χ0) is 15.1. The Morgan fingerprint density at radius 1 is 1.19 bits per heavy atom. The van der Waals surface area contributed by atoms with Crippen LogP contribution in [0.5, 0.6) is 5.75 Å². The van der Waals surface area contributed by atoms with Gasteiger partial charge in [-0.2, -0.15) is 0 Å². The first-order valence-electron chi connectivity index (χ1n) is 8.18. The highest BCUT2D eigenvalue weighted by atomic mass is 16.5. The Labute approximate surface area is 128 Å². The second-order valence-corrected chi connectivity index (χ2v) is 5.90. The number of para-hydroxylation sites is 1. The molecular formula is C18H27NO2. The first-order valence-corrected chi connectivity index (χ1v) is 8.18. The highest BCUT2D eigenvalue weighted by molar-refractivity contribution is 5.77. The van der Waals surface area contributed by atoms with Crippen LogP contribution in [0.1, 0.15) is 51.0 Å². The van der Waals surface area contributed by atoms with E-state index < -0.39 is 0 Å². The van der Waals surface area contributed by atoms with Crippen molar-refractivity contribution in [3.63, 3.8) is 0 Å². The Morgan fingerprint density at radius 3 is 2.52 bits per heavy atom. The van der Waals surface area contributed by atoms with E-state index in [1.165, 1.54) is 25.7 Å². The molecule has 3 heteroatoms. The van der Waals surface area contributed by atoms with Crippen LogP contribution in [0.2, 0.25) is 0 Å². The lowest BCUT2D eigenvalue weighted by Gasteiger charge is -2.27. The molecule has 2 rings (SSSR count). The lowest BCUT2D eigenvalue weighted by atomic mass is 10.1. The third-order valence-electron chi connectivity index (χ3n) is 4.47. The predicted octanol–water partition coefficient (Wildman–Crippen LogP) is 3.81. The summed E-state index contributed by atoms with van der Waals surface area (Å²) in [6.45, 7) is 2.24. The molecule has 0 saturated heterocycles. The fourth-order valence-corrected chi connectivity index (χ4v) is 3.03. The van der Waals surface area contributed by atoms with Crippen LogP contribution in [-0.4, -0.2) is 30.5 Å². The average Bonchev–Trinajstić information content (AvgIpc) is 2.81. The van der Waals surface area contributed by atoms with Crippen molar-refractivity contribution in [3.05, 3.63) is 29.8 Å². The maximum Gasteiger partial charge on any atom is 0.260 e. The van der Waals surface area contributed by atoms with Gasteiger partial charge in [-0.05, 0) is 30.9 Å². The van der Waals surface area contributed by atoms with Crippen LogP contribution in [0.25, 0.3) is 0 Å². The van der Waals surface area contributed by atoms with E-state index in [0.717, 1.165) is 30.6 Å². The van der Waals surface area contributed by atoms with Gasteiger partial charge in [0.25, 0.3) is 5.91 Å². The minimum Gasteiger partial charge on any atom is -0.483 e. The van der Waals surface area contributed by atoms with Gasteiger partial charge in [0, 0.05) is 13.1 Å². The van der Waals surface area contributed by atoms with Crippen molar-refractivity contribution < 1.29 is 9.53 Å². The second kappa shape index (κ2) is 8.06. The predicted molar refractivity (Wildman–Crippen MR) is 85.6 cm³/mol. The summed E-state index contributed by atoms with van der Waals surface area (Å²) in [6, 6.07) is 8.34. The molecule has 0 N–H and O–H groups in total. The Kier molecular flexibility index (Phi) is 6.09. The average molecular weight is 289 g/mol. The first-order chi connectivity index (χ1) is 10.2. The summed E-state index contributed by atoms with van der Waals surface area (Å²) in [5.41, 5.74) is 1.16. The lowest BCUT2D eigenvalue weighted by molar-refractivity contribution is -0.134. The van der Waals surface area contributed by atoms with Gasteiger partial charge in [0.05, 0.1) is 0 Å². The molecule has 0 atom stereocenters. The minimum absolute atomic E-state index is 0.0906. The topological polar surface area (TPSA) is 29.5 Å². The van der Waals surface area contributed by atoms with Crippen molar-refractivity contribution in [1.82, 2.24) is 4.90 Å². The van der Waals surface area contributed by atoms with Gasteiger partial charge in [0.1, 0.15) is 5.75 Å². The van der Waals surface area contributed by atoms with E-state index in [4.69, 9.17) is 4.74 Å². The highest BCUT2D eigenvalue weighted by Gasteiger charge is 2.21. The summed E-state index contributed by atoms with van der Waals surface area (Å²) in [5.74, 6) is 0.926. The largest absolute Gasteiger partial charge is 0.483 e. The number of nitrogens with zero attached hydrogens (tertiary/aromatic N) is 1. The van der Waals surface area contributed by atoms with Crippen LogP contribution in [0.15, 0.2) is 24.3 Å². The van der Waals surface area contributed by atoms with Gasteiger partial charge in [-0.15, -0.1) is 0 Å². The third-order valence-corrected chi connectivity index (χ3v) is 4.47. The van der Waals surface area contributed by atoms with Gasteiger partial charge in [-0.3, -0.25) is 4.79 Å².